The van der Waals surface area contributed by atoms with Crippen LogP contribution in [0.2, 0.25) is 0 Å². The summed E-state index contributed by atoms with van der Waals surface area (Å²) in [5.74, 6) is -0.782. The maximum atomic E-state index is 10.9. The van der Waals surface area contributed by atoms with Crippen LogP contribution in [-0.2, 0) is 11.2 Å². The van der Waals surface area contributed by atoms with Gasteiger partial charge in [-0.1, -0.05) is 35.0 Å². The summed E-state index contributed by atoms with van der Waals surface area (Å²) >= 11 is 3.39. The van der Waals surface area contributed by atoms with Crippen molar-refractivity contribution in [2.75, 3.05) is 0 Å². The SMILES string of the molecule is CCC(NC(C)Cc1ccc(Br)cc1)C(=O)O. The van der Waals surface area contributed by atoms with E-state index in [4.69, 9.17) is 5.11 Å². The molecule has 0 aliphatic heterocycles. The van der Waals surface area contributed by atoms with Crippen molar-refractivity contribution >= 4 is 21.9 Å². The second-order valence-corrected chi connectivity index (χ2v) is 5.11. The molecule has 4 heteroatoms. The molecule has 1 rings (SSSR count). The molecule has 0 aliphatic carbocycles. The maximum Gasteiger partial charge on any atom is 0.320 e. The lowest BCUT2D eigenvalue weighted by Crippen LogP contribution is -2.42. The fourth-order valence-corrected chi connectivity index (χ4v) is 2.00. The molecule has 0 amide bonds. The molecule has 0 saturated carbocycles. The molecule has 0 spiro atoms. The van der Waals surface area contributed by atoms with Crippen molar-refractivity contribution in [2.45, 2.75) is 38.8 Å². The molecule has 0 aliphatic rings. The monoisotopic (exact) mass is 299 g/mol. The van der Waals surface area contributed by atoms with E-state index in [9.17, 15) is 4.79 Å². The Morgan fingerprint density at radius 3 is 2.47 bits per heavy atom. The molecule has 17 heavy (non-hydrogen) atoms. The van der Waals surface area contributed by atoms with Crippen LogP contribution in [-0.4, -0.2) is 23.2 Å². The van der Waals surface area contributed by atoms with Crippen molar-refractivity contribution in [1.82, 2.24) is 5.32 Å². The Morgan fingerprint density at radius 1 is 1.41 bits per heavy atom. The molecule has 0 heterocycles. The highest BCUT2D eigenvalue weighted by Gasteiger charge is 2.17. The lowest BCUT2D eigenvalue weighted by atomic mass is 10.1. The zero-order valence-electron chi connectivity index (χ0n) is 10.1. The largest absolute Gasteiger partial charge is 0.480 e. The average Bonchev–Trinajstić information content (AvgIpc) is 2.28. The lowest BCUT2D eigenvalue weighted by molar-refractivity contribution is -0.139. The third-order valence-corrected chi connectivity index (χ3v) is 3.18. The van der Waals surface area contributed by atoms with Crippen molar-refractivity contribution in [3.05, 3.63) is 34.3 Å². The number of rotatable bonds is 6. The molecule has 0 saturated heterocycles. The van der Waals surface area contributed by atoms with Gasteiger partial charge in [-0.15, -0.1) is 0 Å². The Hall–Kier alpha value is -0.870. The van der Waals surface area contributed by atoms with Crippen molar-refractivity contribution < 1.29 is 9.90 Å². The van der Waals surface area contributed by atoms with E-state index >= 15 is 0 Å². The smallest absolute Gasteiger partial charge is 0.320 e. The quantitative estimate of drug-likeness (QED) is 0.849. The predicted molar refractivity (Wildman–Crippen MR) is 72.2 cm³/mol. The van der Waals surface area contributed by atoms with E-state index < -0.39 is 12.0 Å². The predicted octanol–water partition coefficient (Wildman–Crippen LogP) is 2.83. The van der Waals surface area contributed by atoms with Crippen molar-refractivity contribution in [1.29, 1.82) is 0 Å². The number of carboxylic acids is 1. The zero-order valence-corrected chi connectivity index (χ0v) is 11.7. The van der Waals surface area contributed by atoms with E-state index in [-0.39, 0.29) is 6.04 Å². The van der Waals surface area contributed by atoms with E-state index in [0.29, 0.717) is 6.42 Å². The van der Waals surface area contributed by atoms with E-state index in [1.54, 1.807) is 0 Å². The van der Waals surface area contributed by atoms with Crippen LogP contribution >= 0.6 is 15.9 Å². The van der Waals surface area contributed by atoms with Gasteiger partial charge in [-0.2, -0.15) is 0 Å². The van der Waals surface area contributed by atoms with Crippen LogP contribution in [0.5, 0.6) is 0 Å². The summed E-state index contributed by atoms with van der Waals surface area (Å²) in [5, 5.41) is 12.1. The van der Waals surface area contributed by atoms with Crippen LogP contribution in [0.1, 0.15) is 25.8 Å². The summed E-state index contributed by atoms with van der Waals surface area (Å²) in [6, 6.07) is 7.78. The van der Waals surface area contributed by atoms with Gasteiger partial charge in [-0.05, 0) is 37.5 Å². The molecule has 1 aromatic rings. The van der Waals surface area contributed by atoms with Gasteiger partial charge in [0.1, 0.15) is 6.04 Å². The number of aliphatic carboxylic acids is 1. The first-order chi connectivity index (χ1) is 8.02. The van der Waals surface area contributed by atoms with Gasteiger partial charge in [-0.25, -0.2) is 0 Å². The first-order valence-electron chi connectivity index (χ1n) is 5.76. The minimum absolute atomic E-state index is 0.150. The fourth-order valence-electron chi connectivity index (χ4n) is 1.74. The van der Waals surface area contributed by atoms with Crippen molar-refractivity contribution in [3.8, 4) is 0 Å². The highest BCUT2D eigenvalue weighted by atomic mass is 79.9. The van der Waals surface area contributed by atoms with Crippen LogP contribution in [0.3, 0.4) is 0 Å². The molecule has 0 radical (unpaired) electrons. The van der Waals surface area contributed by atoms with Crippen LogP contribution in [0, 0.1) is 0 Å². The third-order valence-electron chi connectivity index (χ3n) is 2.65. The van der Waals surface area contributed by atoms with Crippen LogP contribution in [0.25, 0.3) is 0 Å². The molecule has 2 atom stereocenters. The highest BCUT2D eigenvalue weighted by Crippen LogP contribution is 2.12. The number of carboxylic acid groups (broad SMARTS) is 1. The van der Waals surface area contributed by atoms with Crippen LogP contribution < -0.4 is 5.32 Å². The standard InChI is InChI=1S/C13H18BrNO2/c1-3-12(13(16)17)15-9(2)8-10-4-6-11(14)7-5-10/h4-7,9,12,15H,3,8H2,1-2H3,(H,16,17). The minimum Gasteiger partial charge on any atom is -0.480 e. The van der Waals surface area contributed by atoms with E-state index in [1.165, 1.54) is 5.56 Å². The molecule has 0 aromatic heterocycles. The van der Waals surface area contributed by atoms with Gasteiger partial charge in [0, 0.05) is 10.5 Å². The molecule has 0 fully saturated rings. The Kier molecular flexibility index (Phi) is 5.65. The molecule has 1 aromatic carbocycles. The Morgan fingerprint density at radius 2 is 2.00 bits per heavy atom. The number of hydrogen-bond donors (Lipinski definition) is 2. The fraction of sp³-hybridized carbons (Fsp3) is 0.462. The summed E-state index contributed by atoms with van der Waals surface area (Å²) in [7, 11) is 0. The van der Waals surface area contributed by atoms with Crippen LogP contribution in [0.15, 0.2) is 28.7 Å². The molecule has 0 bridgehead atoms. The number of nitrogens with one attached hydrogen (secondary N) is 1. The summed E-state index contributed by atoms with van der Waals surface area (Å²) < 4.78 is 1.05. The van der Waals surface area contributed by atoms with Crippen molar-refractivity contribution in [3.63, 3.8) is 0 Å². The third kappa shape index (κ3) is 4.88. The number of hydrogen-bond acceptors (Lipinski definition) is 2. The maximum absolute atomic E-state index is 10.9. The zero-order chi connectivity index (χ0) is 12.8. The van der Waals surface area contributed by atoms with Gasteiger partial charge in [0.2, 0.25) is 0 Å². The minimum atomic E-state index is -0.782. The van der Waals surface area contributed by atoms with E-state index in [0.717, 1.165) is 10.9 Å². The highest BCUT2D eigenvalue weighted by molar-refractivity contribution is 9.10. The average molecular weight is 300 g/mol. The second-order valence-electron chi connectivity index (χ2n) is 4.20. The first-order valence-corrected chi connectivity index (χ1v) is 6.55. The van der Waals surface area contributed by atoms with Gasteiger partial charge in [0.05, 0.1) is 0 Å². The number of halogens is 1. The molecule has 3 nitrogen and oxygen atoms in total. The summed E-state index contributed by atoms with van der Waals surface area (Å²) in [5.41, 5.74) is 1.20. The first kappa shape index (κ1) is 14.2. The molecular formula is C13H18BrNO2. The van der Waals surface area contributed by atoms with Crippen LogP contribution in [0.4, 0.5) is 0 Å². The van der Waals surface area contributed by atoms with Gasteiger partial charge in [-0.3, -0.25) is 4.79 Å². The Bertz CT molecular complexity index is 364. The molecule has 2 N–H and O–H groups in total. The summed E-state index contributed by atoms with van der Waals surface area (Å²) in [6.45, 7) is 3.88. The Balaban J connectivity index is 2.51. The summed E-state index contributed by atoms with van der Waals surface area (Å²) in [4.78, 5) is 10.9. The van der Waals surface area contributed by atoms with Gasteiger partial charge >= 0.3 is 5.97 Å². The number of benzene rings is 1. The number of carbonyl (C=O) groups is 1. The molecule has 94 valence electrons. The topological polar surface area (TPSA) is 49.3 Å². The van der Waals surface area contributed by atoms with Gasteiger partial charge in [0.15, 0.2) is 0 Å². The normalized spacial score (nSPS) is 14.3. The van der Waals surface area contributed by atoms with E-state index in [2.05, 4.69) is 21.2 Å². The van der Waals surface area contributed by atoms with Gasteiger partial charge in [0.25, 0.3) is 0 Å². The molecule has 2 unspecified atom stereocenters. The van der Waals surface area contributed by atoms with E-state index in [1.807, 2.05) is 38.1 Å². The molecular weight excluding hydrogens is 282 g/mol. The van der Waals surface area contributed by atoms with Gasteiger partial charge < -0.3 is 10.4 Å². The summed E-state index contributed by atoms with van der Waals surface area (Å²) in [6.07, 6.45) is 1.43. The second kappa shape index (κ2) is 6.77. The Labute approximate surface area is 110 Å². The lowest BCUT2D eigenvalue weighted by Gasteiger charge is -2.19. The van der Waals surface area contributed by atoms with Crippen molar-refractivity contribution in [2.24, 2.45) is 0 Å².